The first-order valence-corrected chi connectivity index (χ1v) is 5.66. The maximum Gasteiger partial charge on any atom is 0.265 e. The normalized spacial score (nSPS) is 9.81. The van der Waals surface area contributed by atoms with Crippen LogP contribution in [0.5, 0.6) is 5.75 Å². The summed E-state index contributed by atoms with van der Waals surface area (Å²) in [5, 5.41) is 4.62. The Morgan fingerprint density at radius 1 is 1.31 bits per heavy atom. The van der Waals surface area contributed by atoms with Gasteiger partial charge >= 0.3 is 0 Å². The molecule has 1 heterocycles. The van der Waals surface area contributed by atoms with Crippen LogP contribution in [0.15, 0.2) is 41.8 Å². The molecule has 82 valence electrons. The Balaban J connectivity index is 2.09. The Labute approximate surface area is 97.7 Å². The van der Waals surface area contributed by atoms with Crippen LogP contribution in [0.1, 0.15) is 9.67 Å². The lowest BCUT2D eigenvalue weighted by atomic mass is 10.3. The van der Waals surface area contributed by atoms with Crippen molar-refractivity contribution in [2.45, 2.75) is 0 Å². The van der Waals surface area contributed by atoms with Gasteiger partial charge in [-0.2, -0.15) is 0 Å². The average molecular weight is 233 g/mol. The second-order valence-electron chi connectivity index (χ2n) is 3.17. The van der Waals surface area contributed by atoms with E-state index in [0.29, 0.717) is 10.6 Å². The molecule has 3 nitrogen and oxygen atoms in total. The molecule has 16 heavy (non-hydrogen) atoms. The molecule has 1 N–H and O–H groups in total. The molecule has 0 spiro atoms. The minimum absolute atomic E-state index is 0.112. The van der Waals surface area contributed by atoms with E-state index in [1.165, 1.54) is 11.3 Å². The zero-order valence-corrected chi connectivity index (χ0v) is 9.58. The van der Waals surface area contributed by atoms with Gasteiger partial charge in [-0.1, -0.05) is 18.2 Å². The number of carbonyl (C=O) groups is 1. The van der Waals surface area contributed by atoms with Gasteiger partial charge in [0, 0.05) is 17.1 Å². The van der Waals surface area contributed by atoms with E-state index in [0.717, 1.165) is 5.69 Å². The first-order valence-electron chi connectivity index (χ1n) is 4.78. The van der Waals surface area contributed by atoms with E-state index in [1.54, 1.807) is 18.6 Å². The van der Waals surface area contributed by atoms with Crippen LogP contribution >= 0.6 is 11.3 Å². The first kappa shape index (κ1) is 10.7. The van der Waals surface area contributed by atoms with Gasteiger partial charge in [0.05, 0.1) is 12.0 Å². The fourth-order valence-corrected chi connectivity index (χ4v) is 2.01. The van der Waals surface area contributed by atoms with E-state index in [1.807, 2.05) is 30.3 Å². The van der Waals surface area contributed by atoms with Gasteiger partial charge in [0.25, 0.3) is 5.91 Å². The highest BCUT2D eigenvalue weighted by atomic mass is 32.1. The topological polar surface area (TPSA) is 38.3 Å². The molecule has 0 atom stereocenters. The minimum Gasteiger partial charge on any atom is -0.496 e. The van der Waals surface area contributed by atoms with Crippen molar-refractivity contribution in [3.8, 4) is 5.75 Å². The standard InChI is InChI=1S/C12H11NO2S/c1-15-10-7-11(16-8-10)12(14)13-9-5-3-2-4-6-9/h2-8H,1H3,(H,13,14). The third-order valence-electron chi connectivity index (χ3n) is 2.07. The van der Waals surface area contributed by atoms with Crippen LogP contribution in [-0.4, -0.2) is 13.0 Å². The number of rotatable bonds is 3. The van der Waals surface area contributed by atoms with Gasteiger partial charge in [0.1, 0.15) is 5.75 Å². The molecule has 0 radical (unpaired) electrons. The van der Waals surface area contributed by atoms with Gasteiger partial charge in [-0.3, -0.25) is 4.79 Å². The molecule has 0 aliphatic carbocycles. The second-order valence-corrected chi connectivity index (χ2v) is 4.08. The van der Waals surface area contributed by atoms with Gasteiger partial charge in [0.15, 0.2) is 0 Å². The fourth-order valence-electron chi connectivity index (χ4n) is 1.26. The summed E-state index contributed by atoms with van der Waals surface area (Å²) in [7, 11) is 1.58. The molecule has 1 aromatic heterocycles. The number of thiophene rings is 1. The third-order valence-corrected chi connectivity index (χ3v) is 2.97. The molecule has 2 rings (SSSR count). The van der Waals surface area contributed by atoms with Crippen molar-refractivity contribution >= 4 is 22.9 Å². The molecule has 0 bridgehead atoms. The van der Waals surface area contributed by atoms with Gasteiger partial charge < -0.3 is 10.1 Å². The van der Waals surface area contributed by atoms with Crippen molar-refractivity contribution in [3.05, 3.63) is 46.7 Å². The average Bonchev–Trinajstić information content (AvgIpc) is 2.79. The number of para-hydroxylation sites is 1. The van der Waals surface area contributed by atoms with Crippen LogP contribution in [0.4, 0.5) is 5.69 Å². The molecule has 1 amide bonds. The maximum absolute atomic E-state index is 11.8. The molecule has 0 aliphatic rings. The summed E-state index contributed by atoms with van der Waals surface area (Å²) < 4.78 is 5.03. The van der Waals surface area contributed by atoms with Crippen molar-refractivity contribution in [2.75, 3.05) is 12.4 Å². The number of methoxy groups -OCH3 is 1. The summed E-state index contributed by atoms with van der Waals surface area (Å²) in [6.07, 6.45) is 0. The van der Waals surface area contributed by atoms with E-state index in [2.05, 4.69) is 5.32 Å². The number of amides is 1. The quantitative estimate of drug-likeness (QED) is 0.885. The Kier molecular flexibility index (Phi) is 3.22. The van der Waals surface area contributed by atoms with E-state index in [-0.39, 0.29) is 5.91 Å². The molecule has 4 heteroatoms. The molecule has 2 aromatic rings. The predicted molar refractivity (Wildman–Crippen MR) is 65.3 cm³/mol. The monoisotopic (exact) mass is 233 g/mol. The van der Waals surface area contributed by atoms with Crippen molar-refractivity contribution < 1.29 is 9.53 Å². The molecular weight excluding hydrogens is 222 g/mol. The summed E-state index contributed by atoms with van der Waals surface area (Å²) in [5.41, 5.74) is 0.792. The molecule has 0 fully saturated rings. The van der Waals surface area contributed by atoms with Crippen LogP contribution in [0.3, 0.4) is 0 Å². The number of nitrogens with one attached hydrogen (secondary N) is 1. The van der Waals surface area contributed by atoms with Crippen LogP contribution in [-0.2, 0) is 0 Å². The van der Waals surface area contributed by atoms with E-state index in [9.17, 15) is 4.79 Å². The lowest BCUT2D eigenvalue weighted by Gasteiger charge is -2.01. The number of hydrogen-bond donors (Lipinski definition) is 1. The van der Waals surface area contributed by atoms with E-state index >= 15 is 0 Å². The van der Waals surface area contributed by atoms with Crippen molar-refractivity contribution in [2.24, 2.45) is 0 Å². The van der Waals surface area contributed by atoms with Crippen LogP contribution in [0.25, 0.3) is 0 Å². The Bertz CT molecular complexity index is 479. The summed E-state index contributed by atoms with van der Waals surface area (Å²) in [6.45, 7) is 0. The summed E-state index contributed by atoms with van der Waals surface area (Å²) >= 11 is 1.36. The highest BCUT2D eigenvalue weighted by Gasteiger charge is 2.09. The molecule has 0 unspecified atom stereocenters. The van der Waals surface area contributed by atoms with Crippen LogP contribution in [0.2, 0.25) is 0 Å². The van der Waals surface area contributed by atoms with Crippen LogP contribution in [0, 0.1) is 0 Å². The number of anilines is 1. The van der Waals surface area contributed by atoms with E-state index < -0.39 is 0 Å². The Hall–Kier alpha value is -1.81. The van der Waals surface area contributed by atoms with Crippen LogP contribution < -0.4 is 10.1 Å². The summed E-state index contributed by atoms with van der Waals surface area (Å²) in [5.74, 6) is 0.600. The lowest BCUT2D eigenvalue weighted by molar-refractivity contribution is 0.103. The van der Waals surface area contributed by atoms with E-state index in [4.69, 9.17) is 4.74 Å². The minimum atomic E-state index is -0.112. The number of ether oxygens (including phenoxy) is 1. The molecule has 0 aliphatic heterocycles. The zero-order chi connectivity index (χ0) is 11.4. The van der Waals surface area contributed by atoms with Crippen molar-refractivity contribution in [1.29, 1.82) is 0 Å². The second kappa shape index (κ2) is 4.81. The lowest BCUT2D eigenvalue weighted by Crippen LogP contribution is -2.09. The van der Waals surface area contributed by atoms with Crippen molar-refractivity contribution in [3.63, 3.8) is 0 Å². The number of benzene rings is 1. The van der Waals surface area contributed by atoms with Crippen molar-refractivity contribution in [1.82, 2.24) is 0 Å². The molecular formula is C12H11NO2S. The van der Waals surface area contributed by atoms with Gasteiger partial charge in [0.2, 0.25) is 0 Å². The molecule has 0 saturated carbocycles. The number of carbonyl (C=O) groups excluding carboxylic acids is 1. The highest BCUT2D eigenvalue weighted by Crippen LogP contribution is 2.22. The first-order chi connectivity index (χ1) is 7.79. The molecule has 0 saturated heterocycles. The summed E-state index contributed by atoms with van der Waals surface area (Å²) in [6, 6.07) is 11.1. The largest absolute Gasteiger partial charge is 0.496 e. The highest BCUT2D eigenvalue weighted by molar-refractivity contribution is 7.12. The summed E-state index contributed by atoms with van der Waals surface area (Å²) in [4.78, 5) is 12.4. The Morgan fingerprint density at radius 2 is 2.06 bits per heavy atom. The third kappa shape index (κ3) is 2.41. The van der Waals surface area contributed by atoms with Gasteiger partial charge in [-0.15, -0.1) is 11.3 Å². The van der Waals surface area contributed by atoms with Gasteiger partial charge in [-0.25, -0.2) is 0 Å². The SMILES string of the molecule is COc1csc(C(=O)Nc2ccccc2)c1. The predicted octanol–water partition coefficient (Wildman–Crippen LogP) is 3.01. The maximum atomic E-state index is 11.8. The smallest absolute Gasteiger partial charge is 0.265 e. The fraction of sp³-hybridized carbons (Fsp3) is 0.0833. The zero-order valence-electron chi connectivity index (χ0n) is 8.77. The Morgan fingerprint density at radius 3 is 2.69 bits per heavy atom. The molecule has 1 aromatic carbocycles. The number of hydrogen-bond acceptors (Lipinski definition) is 3. The van der Waals surface area contributed by atoms with Gasteiger partial charge in [-0.05, 0) is 12.1 Å².